The van der Waals surface area contributed by atoms with E-state index in [4.69, 9.17) is 9.83 Å². The van der Waals surface area contributed by atoms with E-state index in [1.165, 1.54) is 34.1 Å². The second-order valence-corrected chi connectivity index (χ2v) is 8.45. The average molecular weight is 411 g/mol. The monoisotopic (exact) mass is 410 g/mol. The van der Waals surface area contributed by atoms with E-state index < -0.39 is 5.91 Å². The number of hydrogen-bond acceptors (Lipinski definition) is 6. The molecule has 2 aliphatic heterocycles. The maximum atomic E-state index is 12.4. The van der Waals surface area contributed by atoms with Crippen LogP contribution in [0.25, 0.3) is 6.08 Å². The summed E-state index contributed by atoms with van der Waals surface area (Å²) < 4.78 is 5.82. The molecule has 1 aromatic carbocycles. The first-order chi connectivity index (χ1) is 13.5. The Kier molecular flexibility index (Phi) is 5.23. The molecule has 6 nitrogen and oxygen atoms in total. The van der Waals surface area contributed by atoms with Gasteiger partial charge in [-0.2, -0.15) is 15.1 Å². The predicted molar refractivity (Wildman–Crippen MR) is 114 cm³/mol. The number of amides is 1. The van der Waals surface area contributed by atoms with Crippen molar-refractivity contribution in [3.63, 3.8) is 0 Å². The van der Waals surface area contributed by atoms with Crippen LogP contribution in [-0.2, 0) is 4.79 Å². The number of nitrogens with zero attached hydrogens (tertiary/aromatic N) is 3. The van der Waals surface area contributed by atoms with Gasteiger partial charge in [0, 0.05) is 4.90 Å². The second-order valence-electron chi connectivity index (χ2n) is 6.34. The molecule has 8 heteroatoms. The molecule has 28 heavy (non-hydrogen) atoms. The first-order valence-corrected chi connectivity index (χ1v) is 10.5. The van der Waals surface area contributed by atoms with Crippen LogP contribution in [0.5, 0.6) is 0 Å². The lowest BCUT2D eigenvalue weighted by Crippen LogP contribution is -2.35. The summed E-state index contributed by atoms with van der Waals surface area (Å²) in [6, 6.07) is 11.8. The molecule has 0 saturated heterocycles. The maximum Gasteiger partial charge on any atom is 0.283 e. The highest BCUT2D eigenvalue weighted by molar-refractivity contribution is 8.26. The molecule has 1 N–H and O–H groups in total. The molecule has 0 fully saturated rings. The molecule has 142 valence electrons. The van der Waals surface area contributed by atoms with Crippen molar-refractivity contribution < 1.29 is 9.21 Å². The summed E-state index contributed by atoms with van der Waals surface area (Å²) in [5.74, 6) is 0.0875. The average Bonchev–Trinajstić information content (AvgIpc) is 3.28. The number of nitrogens with one attached hydrogen (secondary N) is 1. The van der Waals surface area contributed by atoms with Crippen LogP contribution < -0.4 is 0 Å². The van der Waals surface area contributed by atoms with Gasteiger partial charge in [0.1, 0.15) is 10.8 Å². The molecule has 0 unspecified atom stereocenters. The highest BCUT2D eigenvalue weighted by Gasteiger charge is 2.35. The zero-order valence-corrected chi connectivity index (χ0v) is 17.1. The van der Waals surface area contributed by atoms with E-state index in [0.29, 0.717) is 10.9 Å². The van der Waals surface area contributed by atoms with Crippen LogP contribution in [0.2, 0.25) is 0 Å². The number of carbonyl (C=O) groups excluding carboxylic acids is 1. The van der Waals surface area contributed by atoms with Gasteiger partial charge in [0.2, 0.25) is 5.17 Å². The largest absolute Gasteiger partial charge is 0.450 e. The SMILES string of the molecule is CCCC1=NN2C(=N)/C(=C\c3ccc(Sc4ccc(C)cc4)o3)C(=O)N=C2S1. The van der Waals surface area contributed by atoms with Gasteiger partial charge < -0.3 is 4.42 Å². The van der Waals surface area contributed by atoms with E-state index in [9.17, 15) is 4.79 Å². The Bertz CT molecular complexity index is 1030. The quantitative estimate of drug-likeness (QED) is 0.689. The third-order valence-electron chi connectivity index (χ3n) is 4.09. The molecule has 0 spiro atoms. The number of carbonyl (C=O) groups is 1. The van der Waals surface area contributed by atoms with Gasteiger partial charge in [0.25, 0.3) is 5.91 Å². The lowest BCUT2D eigenvalue weighted by Gasteiger charge is -2.19. The molecular weight excluding hydrogens is 392 g/mol. The van der Waals surface area contributed by atoms with Gasteiger partial charge in [0.15, 0.2) is 10.9 Å². The van der Waals surface area contributed by atoms with Crippen LogP contribution in [-0.4, -0.2) is 27.0 Å². The van der Waals surface area contributed by atoms with Crippen LogP contribution in [0.15, 0.2) is 66.5 Å². The lowest BCUT2D eigenvalue weighted by molar-refractivity contribution is -0.114. The number of amidine groups is 2. The van der Waals surface area contributed by atoms with Crippen molar-refractivity contribution in [3.8, 4) is 0 Å². The fourth-order valence-electron chi connectivity index (χ4n) is 2.68. The molecule has 0 radical (unpaired) electrons. The predicted octanol–water partition coefficient (Wildman–Crippen LogP) is 5.16. The Hall–Kier alpha value is -2.58. The Labute approximate surface area is 171 Å². The van der Waals surface area contributed by atoms with Crippen molar-refractivity contribution in [2.45, 2.75) is 36.7 Å². The molecule has 0 saturated carbocycles. The van der Waals surface area contributed by atoms with Crippen molar-refractivity contribution in [2.24, 2.45) is 10.1 Å². The number of thioether (sulfide) groups is 1. The summed E-state index contributed by atoms with van der Waals surface area (Å²) in [6.45, 7) is 4.11. The van der Waals surface area contributed by atoms with Crippen LogP contribution in [0.4, 0.5) is 0 Å². The van der Waals surface area contributed by atoms with E-state index in [-0.39, 0.29) is 11.4 Å². The first-order valence-electron chi connectivity index (χ1n) is 8.87. The van der Waals surface area contributed by atoms with Crippen LogP contribution in [0, 0.1) is 12.3 Å². The van der Waals surface area contributed by atoms with E-state index in [1.807, 2.05) is 37.3 Å². The van der Waals surface area contributed by atoms with Gasteiger partial charge >= 0.3 is 0 Å². The van der Waals surface area contributed by atoms with Gasteiger partial charge in [-0.25, -0.2) is 0 Å². The van der Waals surface area contributed by atoms with Gasteiger partial charge in [-0.3, -0.25) is 10.2 Å². The van der Waals surface area contributed by atoms with Crippen molar-refractivity contribution in [1.82, 2.24) is 5.01 Å². The second kappa shape index (κ2) is 7.81. The molecule has 3 heterocycles. The fourth-order valence-corrected chi connectivity index (χ4v) is 4.44. The van der Waals surface area contributed by atoms with E-state index in [0.717, 1.165) is 27.9 Å². The van der Waals surface area contributed by atoms with Crippen molar-refractivity contribution in [2.75, 3.05) is 0 Å². The zero-order valence-electron chi connectivity index (χ0n) is 15.4. The molecule has 0 bridgehead atoms. The molecule has 2 aliphatic rings. The summed E-state index contributed by atoms with van der Waals surface area (Å²) >= 11 is 2.86. The Morgan fingerprint density at radius 3 is 2.79 bits per heavy atom. The Morgan fingerprint density at radius 2 is 2.04 bits per heavy atom. The molecule has 1 amide bonds. The lowest BCUT2D eigenvalue weighted by atomic mass is 10.1. The van der Waals surface area contributed by atoms with Crippen LogP contribution in [0.3, 0.4) is 0 Å². The van der Waals surface area contributed by atoms with Crippen molar-refractivity contribution in [3.05, 3.63) is 53.3 Å². The number of aliphatic imine (C=N–C) groups is 1. The fraction of sp³-hybridized carbons (Fsp3) is 0.200. The molecular formula is C20H18N4O2S2. The number of hydrogen-bond donors (Lipinski definition) is 1. The number of benzene rings is 1. The third-order valence-corrected chi connectivity index (χ3v) is 5.99. The molecule has 2 aromatic rings. The normalized spacial score (nSPS) is 17.8. The van der Waals surface area contributed by atoms with Crippen molar-refractivity contribution in [1.29, 1.82) is 5.41 Å². The number of furan rings is 1. The van der Waals surface area contributed by atoms with Gasteiger partial charge in [-0.1, -0.05) is 36.4 Å². The van der Waals surface area contributed by atoms with E-state index in [1.54, 1.807) is 12.1 Å². The number of aryl methyl sites for hydroxylation is 1. The number of rotatable bonds is 5. The van der Waals surface area contributed by atoms with Crippen LogP contribution >= 0.6 is 23.5 Å². The van der Waals surface area contributed by atoms with Gasteiger partial charge in [0.05, 0.1) is 5.57 Å². The maximum absolute atomic E-state index is 12.4. The van der Waals surface area contributed by atoms with E-state index >= 15 is 0 Å². The first kappa shape index (κ1) is 18.8. The summed E-state index contributed by atoms with van der Waals surface area (Å²) in [7, 11) is 0. The molecule has 1 aromatic heterocycles. The third kappa shape index (κ3) is 3.83. The van der Waals surface area contributed by atoms with E-state index in [2.05, 4.69) is 17.0 Å². The van der Waals surface area contributed by atoms with Gasteiger partial charge in [-0.05, 0) is 61.9 Å². The number of fused-ring (bicyclic) bond motifs is 1. The minimum absolute atomic E-state index is 0.0257. The Balaban J connectivity index is 1.54. The summed E-state index contributed by atoms with van der Waals surface area (Å²) in [5.41, 5.74) is 1.38. The van der Waals surface area contributed by atoms with Gasteiger partial charge in [-0.15, -0.1) is 0 Å². The minimum atomic E-state index is -0.444. The zero-order chi connectivity index (χ0) is 19.7. The Morgan fingerprint density at radius 1 is 1.25 bits per heavy atom. The standard InChI is InChI=1S/C20H18N4O2S2/c1-3-4-16-23-24-18(21)15(19(25)22-20(24)28-16)11-13-7-10-17(26-13)27-14-8-5-12(2)6-9-14/h5-11,21H,3-4H2,1-2H3/b15-11+,21-18?. The summed E-state index contributed by atoms with van der Waals surface area (Å²) in [5, 5.41) is 16.2. The highest BCUT2D eigenvalue weighted by atomic mass is 32.2. The smallest absolute Gasteiger partial charge is 0.283 e. The minimum Gasteiger partial charge on any atom is -0.450 e. The molecule has 4 rings (SSSR count). The highest BCUT2D eigenvalue weighted by Crippen LogP contribution is 2.32. The van der Waals surface area contributed by atoms with Crippen molar-refractivity contribution >= 4 is 51.6 Å². The van der Waals surface area contributed by atoms with Crippen LogP contribution in [0.1, 0.15) is 31.1 Å². The topological polar surface area (TPSA) is 82.0 Å². The molecule has 0 aliphatic carbocycles. The summed E-state index contributed by atoms with van der Waals surface area (Å²) in [4.78, 5) is 17.6. The number of hydrazone groups is 1. The summed E-state index contributed by atoms with van der Waals surface area (Å²) in [6.07, 6.45) is 3.31. The molecule has 0 atom stereocenters.